The van der Waals surface area contributed by atoms with Crippen molar-refractivity contribution in [3.05, 3.63) is 42.4 Å². The monoisotopic (exact) mass is 351 g/mol. The predicted octanol–water partition coefficient (Wildman–Crippen LogP) is 4.89. The van der Waals surface area contributed by atoms with E-state index in [0.29, 0.717) is 22.6 Å². The summed E-state index contributed by atoms with van der Waals surface area (Å²) < 4.78 is 2.82. The molecule has 1 aromatic carbocycles. The summed E-state index contributed by atoms with van der Waals surface area (Å²) in [4.78, 5) is 8.52. The number of H-pyrrole nitrogens is 1. The van der Waals surface area contributed by atoms with Crippen LogP contribution >= 0.6 is 11.3 Å². The number of nitrogens with zero attached hydrogens (tertiary/aromatic N) is 8. The fraction of sp³-hybridized carbons (Fsp3) is 0.133. The van der Waals surface area contributed by atoms with Crippen LogP contribution in [0.2, 0.25) is 0 Å². The maximum Gasteiger partial charge on any atom is 0.249 e. The molecule has 0 unspecified atom stereocenters. The first-order valence-electron chi connectivity index (χ1n) is 7.42. The van der Waals surface area contributed by atoms with E-state index in [1.54, 1.807) is 17.0 Å². The summed E-state index contributed by atoms with van der Waals surface area (Å²) in [6.45, 7) is 1.85. The number of para-hydroxylation sites is 1. The van der Waals surface area contributed by atoms with E-state index >= 15 is 0 Å². The first-order valence-corrected chi connectivity index (χ1v) is 8.24. The number of aromatic amines is 1. The van der Waals surface area contributed by atoms with Crippen LogP contribution in [0.1, 0.15) is 5.69 Å². The molecule has 0 saturated heterocycles. The Kier molecular flexibility index (Phi) is 3.86. The molecule has 0 radical (unpaired) electrons. The molecule has 0 saturated carbocycles. The number of thiazole rings is 1. The van der Waals surface area contributed by atoms with Crippen molar-refractivity contribution in [3.8, 4) is 0 Å². The highest BCUT2D eigenvalue weighted by atomic mass is 32.1. The Morgan fingerprint density at radius 1 is 1.12 bits per heavy atom. The van der Waals surface area contributed by atoms with E-state index in [0.717, 1.165) is 15.9 Å². The second-order valence-corrected chi connectivity index (χ2v) is 6.23. The number of rotatable bonds is 4. The second-order valence-electron chi connectivity index (χ2n) is 5.22. The second kappa shape index (κ2) is 6.32. The Labute approximate surface area is 146 Å². The SMILES string of the molecule is Cc1[nH]nc(N=Nc2nccn2C)c1N=Nc1nc2ccccc2s1. The minimum absolute atomic E-state index is 0.352. The average Bonchev–Trinajstić information content (AvgIpc) is 3.30. The van der Waals surface area contributed by atoms with Gasteiger partial charge in [0.2, 0.25) is 16.9 Å². The molecule has 25 heavy (non-hydrogen) atoms. The molecule has 0 aliphatic carbocycles. The summed E-state index contributed by atoms with van der Waals surface area (Å²) in [6, 6.07) is 7.86. The minimum Gasteiger partial charge on any atom is -0.317 e. The molecular formula is C15H13N9S. The van der Waals surface area contributed by atoms with E-state index in [1.807, 2.05) is 38.2 Å². The Morgan fingerprint density at radius 2 is 2.00 bits per heavy atom. The van der Waals surface area contributed by atoms with Gasteiger partial charge in [0.15, 0.2) is 5.69 Å². The zero-order chi connectivity index (χ0) is 17.2. The van der Waals surface area contributed by atoms with Crippen LogP contribution in [0.25, 0.3) is 10.2 Å². The van der Waals surface area contributed by atoms with E-state index in [2.05, 4.69) is 40.6 Å². The van der Waals surface area contributed by atoms with Crippen molar-refractivity contribution in [3.63, 3.8) is 0 Å². The fourth-order valence-electron chi connectivity index (χ4n) is 2.14. The lowest BCUT2D eigenvalue weighted by molar-refractivity contribution is 0.889. The summed E-state index contributed by atoms with van der Waals surface area (Å²) in [7, 11) is 1.84. The highest BCUT2D eigenvalue weighted by molar-refractivity contribution is 7.21. The van der Waals surface area contributed by atoms with Crippen LogP contribution in [0, 0.1) is 6.92 Å². The van der Waals surface area contributed by atoms with Crippen LogP contribution in [-0.4, -0.2) is 24.7 Å². The predicted molar refractivity (Wildman–Crippen MR) is 94.5 cm³/mol. The third-order valence-electron chi connectivity index (χ3n) is 3.44. The van der Waals surface area contributed by atoms with Gasteiger partial charge in [-0.15, -0.1) is 20.5 Å². The molecule has 0 aliphatic rings. The van der Waals surface area contributed by atoms with Gasteiger partial charge in [0.25, 0.3) is 0 Å². The molecule has 10 heteroatoms. The molecule has 0 fully saturated rings. The van der Waals surface area contributed by atoms with Gasteiger partial charge >= 0.3 is 0 Å². The summed E-state index contributed by atoms with van der Waals surface area (Å²) in [5, 5.41) is 24.2. The molecule has 0 bridgehead atoms. The molecule has 9 nitrogen and oxygen atoms in total. The molecule has 0 atom stereocenters. The van der Waals surface area contributed by atoms with Gasteiger partial charge < -0.3 is 4.57 Å². The van der Waals surface area contributed by atoms with Crippen molar-refractivity contribution in [2.75, 3.05) is 0 Å². The summed E-state index contributed by atoms with van der Waals surface area (Å²) in [5.74, 6) is 0.833. The van der Waals surface area contributed by atoms with E-state index in [4.69, 9.17) is 0 Å². The Morgan fingerprint density at radius 3 is 2.80 bits per heavy atom. The lowest BCUT2D eigenvalue weighted by Gasteiger charge is -1.92. The number of nitrogens with one attached hydrogen (secondary N) is 1. The molecule has 0 amide bonds. The Hall–Kier alpha value is -3.27. The fourth-order valence-corrected chi connectivity index (χ4v) is 2.93. The van der Waals surface area contributed by atoms with Gasteiger partial charge in [-0.05, 0) is 19.1 Å². The van der Waals surface area contributed by atoms with Crippen molar-refractivity contribution in [2.24, 2.45) is 27.5 Å². The number of imidazole rings is 1. The Bertz CT molecular complexity index is 1050. The number of aromatic nitrogens is 5. The van der Waals surface area contributed by atoms with Gasteiger partial charge in [-0.1, -0.05) is 23.5 Å². The number of benzene rings is 1. The first kappa shape index (κ1) is 15.3. The van der Waals surface area contributed by atoms with E-state index in [1.165, 1.54) is 11.3 Å². The largest absolute Gasteiger partial charge is 0.317 e. The van der Waals surface area contributed by atoms with Gasteiger partial charge in [-0.3, -0.25) is 5.10 Å². The van der Waals surface area contributed by atoms with E-state index in [9.17, 15) is 0 Å². The van der Waals surface area contributed by atoms with Gasteiger partial charge in [0.05, 0.1) is 15.9 Å². The lowest BCUT2D eigenvalue weighted by atomic mass is 10.3. The minimum atomic E-state index is 0.352. The zero-order valence-electron chi connectivity index (χ0n) is 13.5. The van der Waals surface area contributed by atoms with E-state index < -0.39 is 0 Å². The Balaban J connectivity index is 1.63. The highest BCUT2D eigenvalue weighted by Gasteiger charge is 2.10. The normalized spacial score (nSPS) is 12.1. The van der Waals surface area contributed by atoms with Gasteiger partial charge in [-0.2, -0.15) is 5.10 Å². The quantitative estimate of drug-likeness (QED) is 0.528. The lowest BCUT2D eigenvalue weighted by Crippen LogP contribution is -1.82. The molecular weight excluding hydrogens is 338 g/mol. The topological polar surface area (TPSA) is 109 Å². The molecule has 4 aromatic rings. The number of fused-ring (bicyclic) bond motifs is 1. The van der Waals surface area contributed by atoms with Crippen LogP contribution in [0.15, 0.2) is 57.1 Å². The van der Waals surface area contributed by atoms with Gasteiger partial charge in [-0.25, -0.2) is 9.97 Å². The van der Waals surface area contributed by atoms with Crippen molar-refractivity contribution >= 4 is 44.1 Å². The average molecular weight is 351 g/mol. The first-order chi connectivity index (χ1) is 12.2. The van der Waals surface area contributed by atoms with Crippen LogP contribution in [0.4, 0.5) is 22.6 Å². The smallest absolute Gasteiger partial charge is 0.249 e. The molecule has 1 N–H and O–H groups in total. The maximum absolute atomic E-state index is 4.43. The number of aryl methyl sites for hydroxylation is 2. The number of azo groups is 2. The van der Waals surface area contributed by atoms with Crippen LogP contribution < -0.4 is 0 Å². The molecule has 4 rings (SSSR count). The molecule has 124 valence electrons. The molecule has 3 aromatic heterocycles. The number of hydrogen-bond acceptors (Lipinski definition) is 8. The third-order valence-corrected chi connectivity index (χ3v) is 4.37. The van der Waals surface area contributed by atoms with Crippen LogP contribution in [0.5, 0.6) is 0 Å². The van der Waals surface area contributed by atoms with E-state index in [-0.39, 0.29) is 0 Å². The molecule has 0 spiro atoms. The van der Waals surface area contributed by atoms with Crippen LogP contribution in [0.3, 0.4) is 0 Å². The summed E-state index contributed by atoms with van der Waals surface area (Å²) in [5.41, 5.74) is 2.18. The summed E-state index contributed by atoms with van der Waals surface area (Å²) in [6.07, 6.45) is 3.44. The van der Waals surface area contributed by atoms with Gasteiger partial charge in [0, 0.05) is 19.4 Å². The van der Waals surface area contributed by atoms with Crippen LogP contribution in [-0.2, 0) is 7.05 Å². The third kappa shape index (κ3) is 3.06. The highest BCUT2D eigenvalue weighted by Crippen LogP contribution is 2.33. The van der Waals surface area contributed by atoms with Crippen molar-refractivity contribution in [1.82, 2.24) is 24.7 Å². The van der Waals surface area contributed by atoms with Gasteiger partial charge in [0.1, 0.15) is 0 Å². The molecule has 0 aliphatic heterocycles. The zero-order valence-corrected chi connectivity index (χ0v) is 14.3. The van der Waals surface area contributed by atoms with Crippen molar-refractivity contribution < 1.29 is 0 Å². The molecule has 3 heterocycles. The standard InChI is InChI=1S/C15H13N9S/c1-9-12(13(20-18-9)21-22-14-16-7-8-24(14)2)19-23-15-17-10-5-3-4-6-11(10)25-15/h3-8H,1-2H3,(H,18,20). The van der Waals surface area contributed by atoms with Crippen molar-refractivity contribution in [2.45, 2.75) is 6.92 Å². The van der Waals surface area contributed by atoms with Crippen molar-refractivity contribution in [1.29, 1.82) is 0 Å². The summed E-state index contributed by atoms with van der Waals surface area (Å²) >= 11 is 1.47. The number of hydrogen-bond donors (Lipinski definition) is 1. The maximum atomic E-state index is 4.43.